The van der Waals surface area contributed by atoms with Crippen molar-refractivity contribution in [3.05, 3.63) is 58.9 Å². The molecule has 2 rings (SSSR count). The van der Waals surface area contributed by atoms with Crippen LogP contribution in [0.1, 0.15) is 18.9 Å². The summed E-state index contributed by atoms with van der Waals surface area (Å²) >= 11 is 5.93. The number of benzene rings is 2. The van der Waals surface area contributed by atoms with E-state index in [0.717, 1.165) is 0 Å². The van der Waals surface area contributed by atoms with Crippen LogP contribution in [-0.2, 0) is 20.8 Å². The van der Waals surface area contributed by atoms with Gasteiger partial charge in [0.05, 0.1) is 12.0 Å². The molecule has 160 valence electrons. The summed E-state index contributed by atoms with van der Waals surface area (Å²) in [4.78, 5) is 34.4. The highest BCUT2D eigenvalue weighted by atomic mass is 35.5. The predicted octanol–water partition coefficient (Wildman–Crippen LogP) is 2.13. The summed E-state index contributed by atoms with van der Waals surface area (Å²) in [7, 11) is 0. The summed E-state index contributed by atoms with van der Waals surface area (Å²) in [5, 5.41) is 21.7. The normalized spacial score (nSPS) is 13.9. The van der Waals surface area contributed by atoms with E-state index in [9.17, 15) is 29.0 Å². The van der Waals surface area contributed by atoms with Crippen LogP contribution in [0.4, 0.5) is 4.39 Å². The Bertz CT molecular complexity index is 951. The smallest absolute Gasteiger partial charge is 0.311 e. The molecule has 0 aliphatic rings. The molecule has 2 aromatic carbocycles. The SMILES string of the molecule is C[C@](CO)(C[C@@H](Cc1ccc(-c2cc(Cl)ccc2F)cc1)NC(=O)C(N)=O)C(=O)O. The van der Waals surface area contributed by atoms with Crippen molar-refractivity contribution in [1.82, 2.24) is 5.32 Å². The fourth-order valence-electron chi connectivity index (χ4n) is 3.02. The molecule has 7 nitrogen and oxygen atoms in total. The van der Waals surface area contributed by atoms with Crippen LogP contribution in [0, 0.1) is 11.2 Å². The Morgan fingerprint density at radius 2 is 1.83 bits per heavy atom. The lowest BCUT2D eigenvalue weighted by Gasteiger charge is -2.28. The average molecular weight is 437 g/mol. The minimum atomic E-state index is -1.53. The van der Waals surface area contributed by atoms with E-state index in [1.165, 1.54) is 25.1 Å². The summed E-state index contributed by atoms with van der Waals surface area (Å²) in [5.41, 5.74) is 5.06. The fourth-order valence-corrected chi connectivity index (χ4v) is 3.19. The molecule has 9 heteroatoms. The molecule has 0 radical (unpaired) electrons. The number of carbonyl (C=O) groups is 3. The van der Waals surface area contributed by atoms with E-state index >= 15 is 0 Å². The zero-order valence-corrected chi connectivity index (χ0v) is 16.9. The van der Waals surface area contributed by atoms with Gasteiger partial charge in [-0.25, -0.2) is 4.39 Å². The van der Waals surface area contributed by atoms with Gasteiger partial charge in [0.1, 0.15) is 5.82 Å². The molecule has 2 amide bonds. The van der Waals surface area contributed by atoms with Gasteiger partial charge >= 0.3 is 17.8 Å². The topological polar surface area (TPSA) is 130 Å². The summed E-state index contributed by atoms with van der Waals surface area (Å²) in [6, 6.07) is 10.1. The van der Waals surface area contributed by atoms with Gasteiger partial charge in [-0.05, 0) is 49.1 Å². The number of amides is 2. The monoisotopic (exact) mass is 436 g/mol. The van der Waals surface area contributed by atoms with Crippen LogP contribution in [0.5, 0.6) is 0 Å². The van der Waals surface area contributed by atoms with Gasteiger partial charge in [-0.3, -0.25) is 14.4 Å². The predicted molar refractivity (Wildman–Crippen MR) is 109 cm³/mol. The first kappa shape index (κ1) is 23.3. The first-order chi connectivity index (χ1) is 14.1. The Kier molecular flexibility index (Phi) is 7.53. The van der Waals surface area contributed by atoms with Crippen molar-refractivity contribution in [2.75, 3.05) is 6.61 Å². The first-order valence-electron chi connectivity index (χ1n) is 9.04. The molecule has 2 aromatic rings. The molecule has 0 saturated carbocycles. The van der Waals surface area contributed by atoms with E-state index in [4.69, 9.17) is 17.3 Å². The number of nitrogens with one attached hydrogen (secondary N) is 1. The number of nitrogens with two attached hydrogens (primary N) is 1. The van der Waals surface area contributed by atoms with E-state index in [1.807, 2.05) is 0 Å². The number of carboxylic acids is 1. The van der Waals surface area contributed by atoms with Crippen molar-refractivity contribution >= 4 is 29.4 Å². The summed E-state index contributed by atoms with van der Waals surface area (Å²) in [5.74, 6) is -3.93. The number of aliphatic hydroxyl groups is 1. The van der Waals surface area contributed by atoms with Crippen molar-refractivity contribution in [3.63, 3.8) is 0 Å². The van der Waals surface area contributed by atoms with Crippen molar-refractivity contribution in [2.45, 2.75) is 25.8 Å². The number of rotatable bonds is 8. The molecular weight excluding hydrogens is 415 g/mol. The third-order valence-electron chi connectivity index (χ3n) is 4.80. The highest BCUT2D eigenvalue weighted by Crippen LogP contribution is 2.28. The van der Waals surface area contributed by atoms with Gasteiger partial charge in [-0.2, -0.15) is 0 Å². The maximum absolute atomic E-state index is 14.1. The minimum Gasteiger partial charge on any atom is -0.481 e. The molecule has 5 N–H and O–H groups in total. The molecule has 0 saturated heterocycles. The molecule has 0 spiro atoms. The number of aliphatic hydroxyl groups excluding tert-OH is 1. The second kappa shape index (κ2) is 9.69. The molecule has 0 aliphatic carbocycles. The molecule has 0 unspecified atom stereocenters. The van der Waals surface area contributed by atoms with Crippen LogP contribution in [0.25, 0.3) is 11.1 Å². The molecule has 0 aromatic heterocycles. The Morgan fingerprint density at radius 3 is 2.37 bits per heavy atom. The number of carbonyl (C=O) groups excluding carboxylic acids is 2. The fraction of sp³-hybridized carbons (Fsp3) is 0.286. The van der Waals surface area contributed by atoms with Crippen molar-refractivity contribution in [3.8, 4) is 11.1 Å². The number of hydrogen-bond acceptors (Lipinski definition) is 4. The van der Waals surface area contributed by atoms with Gasteiger partial charge < -0.3 is 21.3 Å². The minimum absolute atomic E-state index is 0.136. The summed E-state index contributed by atoms with van der Waals surface area (Å²) in [6.45, 7) is 0.683. The lowest BCUT2D eigenvalue weighted by atomic mass is 9.82. The zero-order valence-electron chi connectivity index (χ0n) is 16.2. The third-order valence-corrected chi connectivity index (χ3v) is 5.03. The van der Waals surface area contributed by atoms with Gasteiger partial charge in [0.2, 0.25) is 0 Å². The van der Waals surface area contributed by atoms with Crippen molar-refractivity contribution < 1.29 is 29.0 Å². The third kappa shape index (κ3) is 5.77. The summed E-state index contributed by atoms with van der Waals surface area (Å²) in [6.07, 6.45) is 0.0305. The molecule has 0 aliphatic heterocycles. The van der Waals surface area contributed by atoms with Crippen LogP contribution >= 0.6 is 11.6 Å². The Balaban J connectivity index is 2.26. The zero-order chi connectivity index (χ0) is 22.5. The van der Waals surface area contributed by atoms with Gasteiger partial charge in [0, 0.05) is 16.6 Å². The number of carboxylic acid groups (broad SMARTS) is 1. The van der Waals surface area contributed by atoms with E-state index in [2.05, 4.69) is 5.32 Å². The highest BCUT2D eigenvalue weighted by molar-refractivity contribution is 6.34. The number of halogens is 2. The number of hydrogen-bond donors (Lipinski definition) is 4. The highest BCUT2D eigenvalue weighted by Gasteiger charge is 2.36. The Morgan fingerprint density at radius 1 is 1.20 bits per heavy atom. The van der Waals surface area contributed by atoms with E-state index in [-0.39, 0.29) is 12.8 Å². The largest absolute Gasteiger partial charge is 0.481 e. The van der Waals surface area contributed by atoms with E-state index in [1.54, 1.807) is 24.3 Å². The average Bonchev–Trinajstić information content (AvgIpc) is 2.70. The second-order valence-electron chi connectivity index (χ2n) is 7.29. The molecule has 0 fully saturated rings. The van der Waals surface area contributed by atoms with Crippen LogP contribution in [0.2, 0.25) is 5.02 Å². The van der Waals surface area contributed by atoms with Gasteiger partial charge in [0.15, 0.2) is 0 Å². The molecule has 30 heavy (non-hydrogen) atoms. The number of primary amides is 1. The molecular formula is C21H22ClFN2O5. The number of aliphatic carboxylic acids is 1. The Labute approximate surface area is 177 Å². The molecule has 2 atom stereocenters. The summed E-state index contributed by atoms with van der Waals surface area (Å²) < 4.78 is 14.1. The van der Waals surface area contributed by atoms with E-state index in [0.29, 0.717) is 21.7 Å². The first-order valence-corrected chi connectivity index (χ1v) is 9.42. The van der Waals surface area contributed by atoms with Gasteiger partial charge in [-0.15, -0.1) is 0 Å². The van der Waals surface area contributed by atoms with Crippen LogP contribution in [0.15, 0.2) is 42.5 Å². The van der Waals surface area contributed by atoms with E-state index < -0.39 is 41.7 Å². The molecule has 0 heterocycles. The maximum atomic E-state index is 14.1. The quantitative estimate of drug-likeness (QED) is 0.471. The lowest BCUT2D eigenvalue weighted by molar-refractivity contribution is -0.151. The Hall–Kier alpha value is -2.97. The maximum Gasteiger partial charge on any atom is 0.311 e. The van der Waals surface area contributed by atoms with Gasteiger partial charge in [0.25, 0.3) is 0 Å². The molecule has 0 bridgehead atoms. The van der Waals surface area contributed by atoms with Crippen molar-refractivity contribution in [1.29, 1.82) is 0 Å². The second-order valence-corrected chi connectivity index (χ2v) is 7.72. The lowest BCUT2D eigenvalue weighted by Crippen LogP contribution is -2.47. The standard InChI is InChI=1S/C21H22ClFN2O5/c1-21(11-26,20(29)30)10-15(25-19(28)18(24)27)8-12-2-4-13(5-3-12)16-9-14(22)6-7-17(16)23/h2-7,9,15,26H,8,10-11H2,1H3,(H2,24,27)(H,25,28)(H,29,30)/t15-,21-/m1/s1. The van der Waals surface area contributed by atoms with Gasteiger partial charge in [-0.1, -0.05) is 35.9 Å². The van der Waals surface area contributed by atoms with Crippen LogP contribution in [-0.4, -0.2) is 40.6 Å². The van der Waals surface area contributed by atoms with Crippen molar-refractivity contribution in [2.24, 2.45) is 11.1 Å². The van der Waals surface area contributed by atoms with Crippen LogP contribution in [0.3, 0.4) is 0 Å². The van der Waals surface area contributed by atoms with Crippen LogP contribution < -0.4 is 11.1 Å².